The van der Waals surface area contributed by atoms with Crippen molar-refractivity contribution in [1.82, 2.24) is 0 Å². The molecule has 1 aromatic rings. The standard InChI is InChI=1S/C13H12ClF3O2/c14-10-5-9(8-1-3-11(18)4-2-8)6-12(7-10)19-13(15,16)17/h5-8H,1-4H2. The number of hydrogen-bond acceptors (Lipinski definition) is 2. The minimum absolute atomic E-state index is 0.0620. The molecule has 19 heavy (non-hydrogen) atoms. The van der Waals surface area contributed by atoms with Gasteiger partial charge in [0.25, 0.3) is 0 Å². The lowest BCUT2D eigenvalue weighted by Crippen LogP contribution is -2.17. The van der Waals surface area contributed by atoms with Crippen LogP contribution in [0.1, 0.15) is 37.2 Å². The molecule has 0 aliphatic heterocycles. The molecule has 1 aliphatic rings. The Balaban J connectivity index is 2.19. The van der Waals surface area contributed by atoms with Gasteiger partial charge < -0.3 is 4.74 Å². The van der Waals surface area contributed by atoms with E-state index in [0.717, 1.165) is 6.07 Å². The van der Waals surface area contributed by atoms with E-state index in [4.69, 9.17) is 11.6 Å². The van der Waals surface area contributed by atoms with E-state index >= 15 is 0 Å². The number of halogens is 4. The quantitative estimate of drug-likeness (QED) is 0.804. The van der Waals surface area contributed by atoms with Crippen molar-refractivity contribution in [1.29, 1.82) is 0 Å². The molecule has 0 spiro atoms. The normalized spacial score (nSPS) is 17.6. The van der Waals surface area contributed by atoms with Crippen LogP contribution < -0.4 is 4.74 Å². The third-order valence-corrected chi connectivity index (χ3v) is 3.36. The number of benzene rings is 1. The first kappa shape index (κ1) is 14.2. The Morgan fingerprint density at radius 3 is 2.37 bits per heavy atom. The number of hydrogen-bond donors (Lipinski definition) is 0. The summed E-state index contributed by atoms with van der Waals surface area (Å²) in [5.41, 5.74) is 0.694. The van der Waals surface area contributed by atoms with Gasteiger partial charge in [-0.2, -0.15) is 0 Å². The van der Waals surface area contributed by atoms with Gasteiger partial charge in [-0.1, -0.05) is 11.6 Å². The molecule has 0 heterocycles. The molecule has 0 amide bonds. The first-order chi connectivity index (χ1) is 8.83. The van der Waals surface area contributed by atoms with E-state index in [1.54, 1.807) is 6.07 Å². The van der Waals surface area contributed by atoms with Crippen LogP contribution in [-0.2, 0) is 4.79 Å². The second kappa shape index (κ2) is 5.41. The molecular formula is C13H12ClF3O2. The Morgan fingerprint density at radius 2 is 1.79 bits per heavy atom. The topological polar surface area (TPSA) is 26.3 Å². The summed E-state index contributed by atoms with van der Waals surface area (Å²) in [7, 11) is 0. The van der Waals surface area contributed by atoms with Crippen molar-refractivity contribution in [3.05, 3.63) is 28.8 Å². The number of carbonyl (C=O) groups excluding carboxylic acids is 1. The van der Waals surface area contributed by atoms with Gasteiger partial charge in [0.2, 0.25) is 0 Å². The summed E-state index contributed by atoms with van der Waals surface area (Å²) in [5, 5.41) is 0.202. The predicted octanol–water partition coefficient (Wildman–Crippen LogP) is 4.47. The van der Waals surface area contributed by atoms with Crippen molar-refractivity contribution in [2.45, 2.75) is 38.0 Å². The van der Waals surface area contributed by atoms with Gasteiger partial charge in [0.1, 0.15) is 11.5 Å². The van der Waals surface area contributed by atoms with Crippen molar-refractivity contribution in [3.63, 3.8) is 0 Å². The van der Waals surface area contributed by atoms with E-state index in [-0.39, 0.29) is 22.5 Å². The fourth-order valence-corrected chi connectivity index (χ4v) is 2.52. The Morgan fingerprint density at radius 1 is 1.16 bits per heavy atom. The van der Waals surface area contributed by atoms with Crippen LogP contribution in [0.25, 0.3) is 0 Å². The number of alkyl halides is 3. The fraction of sp³-hybridized carbons (Fsp3) is 0.462. The maximum Gasteiger partial charge on any atom is 0.573 e. The Kier molecular flexibility index (Phi) is 4.04. The summed E-state index contributed by atoms with van der Waals surface area (Å²) in [6.07, 6.45) is -2.51. The van der Waals surface area contributed by atoms with E-state index in [0.29, 0.717) is 31.2 Å². The van der Waals surface area contributed by atoms with E-state index in [1.807, 2.05) is 0 Å². The number of Topliss-reactive ketones (excluding diaryl/α,β-unsaturated/α-hetero) is 1. The second-order valence-electron chi connectivity index (χ2n) is 4.58. The third kappa shape index (κ3) is 4.13. The number of carbonyl (C=O) groups is 1. The summed E-state index contributed by atoms with van der Waals surface area (Å²) in [6.45, 7) is 0. The highest BCUT2D eigenvalue weighted by Gasteiger charge is 2.31. The highest BCUT2D eigenvalue weighted by Crippen LogP contribution is 2.35. The van der Waals surface area contributed by atoms with Gasteiger partial charge in [-0.25, -0.2) is 0 Å². The first-order valence-electron chi connectivity index (χ1n) is 5.91. The lowest BCUT2D eigenvalue weighted by atomic mass is 9.83. The molecule has 104 valence electrons. The molecule has 0 N–H and O–H groups in total. The molecule has 1 aromatic carbocycles. The summed E-state index contributed by atoms with van der Waals surface area (Å²) in [6, 6.07) is 4.11. The molecule has 6 heteroatoms. The molecule has 1 aliphatic carbocycles. The lowest BCUT2D eigenvalue weighted by molar-refractivity contribution is -0.274. The molecule has 2 nitrogen and oxygen atoms in total. The van der Waals surface area contributed by atoms with Crippen LogP contribution in [0.3, 0.4) is 0 Å². The average molecular weight is 293 g/mol. The highest BCUT2D eigenvalue weighted by molar-refractivity contribution is 6.30. The molecule has 0 radical (unpaired) electrons. The summed E-state index contributed by atoms with van der Waals surface area (Å²) in [5.74, 6) is -0.0519. The van der Waals surface area contributed by atoms with Crippen molar-refractivity contribution in [2.24, 2.45) is 0 Å². The highest BCUT2D eigenvalue weighted by atomic mass is 35.5. The zero-order valence-corrected chi connectivity index (χ0v) is 10.7. The van der Waals surface area contributed by atoms with Crippen molar-refractivity contribution < 1.29 is 22.7 Å². The van der Waals surface area contributed by atoms with Crippen LogP contribution in [0, 0.1) is 0 Å². The Hall–Kier alpha value is -1.23. The number of ether oxygens (including phenoxy) is 1. The van der Waals surface area contributed by atoms with Crippen molar-refractivity contribution in [2.75, 3.05) is 0 Å². The van der Waals surface area contributed by atoms with Crippen molar-refractivity contribution >= 4 is 17.4 Å². The van der Waals surface area contributed by atoms with E-state index in [1.165, 1.54) is 6.07 Å². The molecule has 0 unspecified atom stereocenters. The van der Waals surface area contributed by atoms with Gasteiger partial charge in [0.15, 0.2) is 0 Å². The monoisotopic (exact) mass is 292 g/mol. The minimum Gasteiger partial charge on any atom is -0.406 e. The third-order valence-electron chi connectivity index (χ3n) is 3.14. The largest absolute Gasteiger partial charge is 0.573 e. The van der Waals surface area contributed by atoms with Crippen LogP contribution in [-0.4, -0.2) is 12.1 Å². The van der Waals surface area contributed by atoms with Crippen LogP contribution in [0.4, 0.5) is 13.2 Å². The molecule has 0 atom stereocenters. The van der Waals surface area contributed by atoms with Crippen LogP contribution >= 0.6 is 11.6 Å². The maximum atomic E-state index is 12.2. The minimum atomic E-state index is -4.73. The van der Waals surface area contributed by atoms with Crippen LogP contribution in [0.5, 0.6) is 5.75 Å². The summed E-state index contributed by atoms with van der Waals surface area (Å²) in [4.78, 5) is 11.2. The molecule has 0 aromatic heterocycles. The molecule has 1 saturated carbocycles. The SMILES string of the molecule is O=C1CCC(c2cc(Cl)cc(OC(F)(F)F)c2)CC1. The molecule has 1 fully saturated rings. The van der Waals surface area contributed by atoms with Gasteiger partial charge in [0.05, 0.1) is 0 Å². The van der Waals surface area contributed by atoms with Crippen molar-refractivity contribution in [3.8, 4) is 5.75 Å². The van der Waals surface area contributed by atoms with E-state index in [2.05, 4.69) is 4.74 Å². The lowest BCUT2D eigenvalue weighted by Gasteiger charge is -2.22. The maximum absolute atomic E-state index is 12.2. The fourth-order valence-electron chi connectivity index (χ4n) is 2.29. The average Bonchev–Trinajstić information content (AvgIpc) is 2.26. The number of rotatable bonds is 2. The van der Waals surface area contributed by atoms with Gasteiger partial charge >= 0.3 is 6.36 Å². The second-order valence-corrected chi connectivity index (χ2v) is 5.02. The molecule has 0 bridgehead atoms. The smallest absolute Gasteiger partial charge is 0.406 e. The van der Waals surface area contributed by atoms with Crippen LogP contribution in [0.15, 0.2) is 18.2 Å². The predicted molar refractivity (Wildman–Crippen MR) is 64.4 cm³/mol. The zero-order chi connectivity index (χ0) is 14.0. The first-order valence-corrected chi connectivity index (χ1v) is 6.29. The number of ketones is 1. The molecule has 0 saturated heterocycles. The van der Waals surface area contributed by atoms with Gasteiger partial charge in [0, 0.05) is 17.9 Å². The van der Waals surface area contributed by atoms with Gasteiger partial charge in [-0.05, 0) is 42.5 Å². The molecule has 2 rings (SSSR count). The van der Waals surface area contributed by atoms with E-state index < -0.39 is 6.36 Å². The molecular weight excluding hydrogens is 281 g/mol. The zero-order valence-electron chi connectivity index (χ0n) is 9.97. The Labute approximate surface area is 113 Å². The summed E-state index contributed by atoms with van der Waals surface area (Å²) >= 11 is 5.81. The Bertz CT molecular complexity index is 475. The van der Waals surface area contributed by atoms with E-state index in [9.17, 15) is 18.0 Å². The van der Waals surface area contributed by atoms with Crippen LogP contribution in [0.2, 0.25) is 5.02 Å². The summed E-state index contributed by atoms with van der Waals surface area (Å²) < 4.78 is 40.4. The van der Waals surface area contributed by atoms with Gasteiger partial charge in [-0.3, -0.25) is 4.79 Å². The van der Waals surface area contributed by atoms with Gasteiger partial charge in [-0.15, -0.1) is 13.2 Å².